The van der Waals surface area contributed by atoms with E-state index in [0.717, 1.165) is 56.6 Å². The lowest BCUT2D eigenvalue weighted by molar-refractivity contribution is -0.116. The van der Waals surface area contributed by atoms with Crippen molar-refractivity contribution in [2.24, 2.45) is 4.99 Å². The Hall–Kier alpha value is -2.18. The summed E-state index contributed by atoms with van der Waals surface area (Å²) in [7, 11) is 1.76. The number of aliphatic imine (C=N–C) groups is 1. The van der Waals surface area contributed by atoms with Gasteiger partial charge in [-0.25, -0.2) is 0 Å². The number of guanidine groups is 1. The molecule has 0 bridgehead atoms. The largest absolute Gasteiger partial charge is 0.379 e. The highest BCUT2D eigenvalue weighted by Gasteiger charge is 2.10. The standard InChI is InChI=1S/C20H29N7O2.HI/c1-21-20(22-7-9-26-10-12-29-13-11-26)23-15-17-4-2-5-18(14-17)25-19(28)16-27-8-3-6-24-27;/h2-6,8,14H,7,9-13,15-16H2,1H3,(H,25,28)(H2,21,22,23);1H. The molecule has 10 heteroatoms. The highest BCUT2D eigenvalue weighted by Crippen LogP contribution is 2.10. The summed E-state index contributed by atoms with van der Waals surface area (Å²) in [5, 5.41) is 13.6. The van der Waals surface area contributed by atoms with Crippen LogP contribution in [0.25, 0.3) is 0 Å². The number of carbonyl (C=O) groups excluding carboxylic acids is 1. The van der Waals surface area contributed by atoms with Crippen LogP contribution in [0.2, 0.25) is 0 Å². The van der Waals surface area contributed by atoms with Crippen LogP contribution in [0.4, 0.5) is 5.69 Å². The SMILES string of the molecule is CN=C(NCCN1CCOCC1)NCc1cccc(NC(=O)Cn2cccn2)c1.I. The number of carbonyl (C=O) groups is 1. The second-order valence-electron chi connectivity index (χ2n) is 6.76. The van der Waals surface area contributed by atoms with Gasteiger partial charge in [-0.15, -0.1) is 24.0 Å². The average Bonchev–Trinajstić information content (AvgIpc) is 3.24. The molecule has 1 aliphatic heterocycles. The van der Waals surface area contributed by atoms with Gasteiger partial charge in [-0.1, -0.05) is 12.1 Å². The molecule has 1 saturated heterocycles. The summed E-state index contributed by atoms with van der Waals surface area (Å²) in [6.45, 7) is 6.16. The topological polar surface area (TPSA) is 95.8 Å². The highest BCUT2D eigenvalue weighted by molar-refractivity contribution is 14.0. The summed E-state index contributed by atoms with van der Waals surface area (Å²) in [5.74, 6) is 0.644. The summed E-state index contributed by atoms with van der Waals surface area (Å²) in [6.07, 6.45) is 3.42. The molecule has 0 atom stereocenters. The third-order valence-electron chi connectivity index (χ3n) is 4.58. The van der Waals surface area contributed by atoms with Crippen LogP contribution in [0.5, 0.6) is 0 Å². The van der Waals surface area contributed by atoms with Crippen LogP contribution in [0.1, 0.15) is 5.56 Å². The fourth-order valence-corrected chi connectivity index (χ4v) is 3.06. The Labute approximate surface area is 194 Å². The van der Waals surface area contributed by atoms with Crippen molar-refractivity contribution in [3.05, 3.63) is 48.3 Å². The van der Waals surface area contributed by atoms with Crippen LogP contribution in [0, 0.1) is 0 Å². The summed E-state index contributed by atoms with van der Waals surface area (Å²) in [6, 6.07) is 9.56. The molecule has 0 saturated carbocycles. The van der Waals surface area contributed by atoms with E-state index in [-0.39, 0.29) is 36.4 Å². The van der Waals surface area contributed by atoms with Crippen LogP contribution in [-0.2, 0) is 22.6 Å². The molecule has 3 rings (SSSR count). The Morgan fingerprint density at radius 2 is 2.07 bits per heavy atom. The molecule has 1 aromatic heterocycles. The lowest BCUT2D eigenvalue weighted by Crippen LogP contribution is -2.44. The van der Waals surface area contributed by atoms with Gasteiger partial charge < -0.3 is 20.7 Å². The molecule has 1 aliphatic rings. The first kappa shape index (κ1) is 24.1. The lowest BCUT2D eigenvalue weighted by atomic mass is 10.2. The van der Waals surface area contributed by atoms with E-state index in [1.54, 1.807) is 30.2 Å². The van der Waals surface area contributed by atoms with Gasteiger partial charge in [0, 0.05) is 57.9 Å². The van der Waals surface area contributed by atoms with E-state index >= 15 is 0 Å². The second kappa shape index (κ2) is 13.2. The van der Waals surface area contributed by atoms with E-state index in [4.69, 9.17) is 4.74 Å². The zero-order valence-corrected chi connectivity index (χ0v) is 19.5. The van der Waals surface area contributed by atoms with Crippen molar-refractivity contribution in [2.75, 3.05) is 51.8 Å². The molecule has 30 heavy (non-hydrogen) atoms. The lowest BCUT2D eigenvalue weighted by Gasteiger charge is -2.26. The first-order valence-corrected chi connectivity index (χ1v) is 9.84. The maximum absolute atomic E-state index is 12.1. The Morgan fingerprint density at radius 1 is 1.23 bits per heavy atom. The molecule has 164 valence electrons. The molecule has 1 amide bonds. The number of amides is 1. The highest BCUT2D eigenvalue weighted by atomic mass is 127. The van der Waals surface area contributed by atoms with E-state index in [0.29, 0.717) is 6.54 Å². The summed E-state index contributed by atoms with van der Waals surface area (Å²) >= 11 is 0. The van der Waals surface area contributed by atoms with Crippen molar-refractivity contribution in [2.45, 2.75) is 13.1 Å². The van der Waals surface area contributed by atoms with E-state index in [2.05, 4.69) is 30.9 Å². The zero-order chi connectivity index (χ0) is 20.3. The maximum atomic E-state index is 12.1. The monoisotopic (exact) mass is 527 g/mol. The Kier molecular flexibility index (Phi) is 10.6. The predicted molar refractivity (Wildman–Crippen MR) is 128 cm³/mol. The van der Waals surface area contributed by atoms with Gasteiger partial charge in [-0.05, 0) is 23.8 Å². The van der Waals surface area contributed by atoms with Crippen molar-refractivity contribution in [1.29, 1.82) is 0 Å². The number of hydrogen-bond donors (Lipinski definition) is 3. The second-order valence-corrected chi connectivity index (χ2v) is 6.76. The number of nitrogens with zero attached hydrogens (tertiary/aromatic N) is 4. The van der Waals surface area contributed by atoms with Crippen molar-refractivity contribution in [1.82, 2.24) is 25.3 Å². The minimum absolute atomic E-state index is 0. The molecule has 0 radical (unpaired) electrons. The number of rotatable bonds is 8. The van der Waals surface area contributed by atoms with Gasteiger partial charge >= 0.3 is 0 Å². The molecule has 9 nitrogen and oxygen atoms in total. The molecule has 2 heterocycles. The maximum Gasteiger partial charge on any atom is 0.246 e. The molecular weight excluding hydrogens is 497 g/mol. The summed E-state index contributed by atoms with van der Waals surface area (Å²) in [4.78, 5) is 18.8. The van der Waals surface area contributed by atoms with Crippen LogP contribution in [-0.4, -0.2) is 73.0 Å². The minimum Gasteiger partial charge on any atom is -0.379 e. The molecule has 0 aliphatic carbocycles. The smallest absolute Gasteiger partial charge is 0.246 e. The van der Waals surface area contributed by atoms with Crippen molar-refractivity contribution < 1.29 is 9.53 Å². The van der Waals surface area contributed by atoms with Crippen molar-refractivity contribution in [3.63, 3.8) is 0 Å². The molecule has 1 fully saturated rings. The number of nitrogens with one attached hydrogen (secondary N) is 3. The van der Waals surface area contributed by atoms with Crippen molar-refractivity contribution in [3.8, 4) is 0 Å². The van der Waals surface area contributed by atoms with Gasteiger partial charge in [0.1, 0.15) is 6.54 Å². The van der Waals surface area contributed by atoms with Crippen LogP contribution in [0.15, 0.2) is 47.7 Å². The third kappa shape index (κ3) is 8.28. The van der Waals surface area contributed by atoms with Crippen LogP contribution >= 0.6 is 24.0 Å². The fraction of sp³-hybridized carbons (Fsp3) is 0.450. The number of halogens is 1. The van der Waals surface area contributed by atoms with E-state index in [1.807, 2.05) is 24.3 Å². The van der Waals surface area contributed by atoms with E-state index in [1.165, 1.54) is 0 Å². The third-order valence-corrected chi connectivity index (χ3v) is 4.58. The fourth-order valence-electron chi connectivity index (χ4n) is 3.06. The molecule has 3 N–H and O–H groups in total. The molecule has 0 unspecified atom stereocenters. The van der Waals surface area contributed by atoms with Gasteiger partial charge in [0.2, 0.25) is 5.91 Å². The van der Waals surface area contributed by atoms with Gasteiger partial charge in [0.15, 0.2) is 5.96 Å². The number of ether oxygens (including phenoxy) is 1. The quantitative estimate of drug-likeness (QED) is 0.271. The molecule has 2 aromatic rings. The summed E-state index contributed by atoms with van der Waals surface area (Å²) in [5.41, 5.74) is 1.81. The minimum atomic E-state index is -0.112. The molecule has 1 aromatic carbocycles. The van der Waals surface area contributed by atoms with Crippen molar-refractivity contribution >= 4 is 41.5 Å². The van der Waals surface area contributed by atoms with Gasteiger partial charge in [0.05, 0.1) is 13.2 Å². The Balaban J connectivity index is 0.00000320. The first-order chi connectivity index (χ1) is 14.2. The van der Waals surface area contributed by atoms with E-state index < -0.39 is 0 Å². The zero-order valence-electron chi connectivity index (χ0n) is 17.2. The number of morpholine rings is 1. The van der Waals surface area contributed by atoms with Gasteiger partial charge in [-0.2, -0.15) is 5.10 Å². The van der Waals surface area contributed by atoms with Gasteiger partial charge in [0.25, 0.3) is 0 Å². The van der Waals surface area contributed by atoms with Gasteiger partial charge in [-0.3, -0.25) is 19.4 Å². The normalized spacial score (nSPS) is 14.6. The average molecular weight is 527 g/mol. The Bertz CT molecular complexity index is 792. The van der Waals surface area contributed by atoms with E-state index in [9.17, 15) is 4.79 Å². The number of hydrogen-bond acceptors (Lipinski definition) is 5. The predicted octanol–water partition coefficient (Wildman–Crippen LogP) is 1.14. The first-order valence-electron chi connectivity index (χ1n) is 9.84. The number of aromatic nitrogens is 2. The van der Waals surface area contributed by atoms with Crippen LogP contribution < -0.4 is 16.0 Å². The van der Waals surface area contributed by atoms with Crippen LogP contribution in [0.3, 0.4) is 0 Å². The number of anilines is 1. The molecule has 0 spiro atoms. The molecular formula is C20H30IN7O2. The number of benzene rings is 1. The Morgan fingerprint density at radius 3 is 2.80 bits per heavy atom. The summed E-state index contributed by atoms with van der Waals surface area (Å²) < 4.78 is 6.96.